The lowest BCUT2D eigenvalue weighted by molar-refractivity contribution is -0.0249. The second-order valence-electron chi connectivity index (χ2n) is 3.50. The van der Waals surface area contributed by atoms with Crippen LogP contribution < -0.4 is 22.9 Å². The Morgan fingerprint density at radius 1 is 0.947 bits per heavy atom. The molecule has 0 aromatic heterocycles. The largest absolute Gasteiger partial charge is 0.391 e. The monoisotopic (exact) mass is 274 g/mol. The molecule has 0 unspecified atom stereocenters. The molecule has 19 heavy (non-hydrogen) atoms. The molecule has 0 saturated carbocycles. The minimum absolute atomic E-state index is 0.244. The zero-order valence-corrected chi connectivity index (χ0v) is 10.2. The molecule has 11 N–H and O–H groups in total. The van der Waals surface area contributed by atoms with E-state index in [9.17, 15) is 10.2 Å². The zero-order valence-electron chi connectivity index (χ0n) is 10.2. The van der Waals surface area contributed by atoms with Gasteiger partial charge in [0, 0.05) is 0 Å². The topological polar surface area (TPSA) is 214 Å². The first-order valence-corrected chi connectivity index (χ1v) is 5.08. The molecule has 0 radical (unpaired) electrons. The van der Waals surface area contributed by atoms with E-state index in [1.165, 1.54) is 6.92 Å². The van der Waals surface area contributed by atoms with Crippen LogP contribution in [0.4, 0.5) is 0 Å². The Bertz CT molecular complexity index is 395. The summed E-state index contributed by atoms with van der Waals surface area (Å²) in [6.45, 7) is 1.28. The van der Waals surface area contributed by atoms with E-state index in [-0.39, 0.29) is 17.6 Å². The predicted octanol–water partition coefficient (Wildman–Crippen LogP) is -4.02. The van der Waals surface area contributed by atoms with E-state index in [2.05, 4.69) is 20.4 Å². The zero-order chi connectivity index (χ0) is 15.0. The van der Waals surface area contributed by atoms with Crippen LogP contribution >= 0.6 is 0 Å². The molecule has 0 aliphatic rings. The summed E-state index contributed by atoms with van der Waals surface area (Å²) in [6.07, 6.45) is -3.38. The summed E-state index contributed by atoms with van der Waals surface area (Å²) in [6, 6.07) is 0. The summed E-state index contributed by atoms with van der Waals surface area (Å²) in [7, 11) is 0. The Balaban J connectivity index is 5.18. The fraction of sp³-hybridized carbons (Fsp3) is 0.500. The second kappa shape index (κ2) is 7.97. The molecule has 0 aromatic carbocycles. The van der Waals surface area contributed by atoms with Crippen molar-refractivity contribution < 1.29 is 15.3 Å². The van der Waals surface area contributed by atoms with Crippen LogP contribution in [0.2, 0.25) is 0 Å². The van der Waals surface area contributed by atoms with Gasteiger partial charge in [-0.15, -0.1) is 15.3 Å². The van der Waals surface area contributed by atoms with Gasteiger partial charge in [0.05, 0.1) is 12.3 Å². The molecule has 108 valence electrons. The second-order valence-corrected chi connectivity index (χ2v) is 3.50. The summed E-state index contributed by atoms with van der Waals surface area (Å²) in [4.78, 5) is 0. The third-order valence-corrected chi connectivity index (χ3v) is 1.76. The van der Waals surface area contributed by atoms with Crippen molar-refractivity contribution in [3.05, 3.63) is 0 Å². The number of rotatable bonds is 6. The number of guanidine groups is 2. The molecule has 0 bridgehead atoms. The van der Waals surface area contributed by atoms with Crippen LogP contribution in [0.3, 0.4) is 0 Å². The average Bonchev–Trinajstić information content (AvgIpc) is 2.30. The summed E-state index contributed by atoms with van der Waals surface area (Å²) in [5, 5.41) is 41.8. The third-order valence-electron chi connectivity index (χ3n) is 1.76. The Morgan fingerprint density at radius 3 is 1.89 bits per heavy atom. The predicted molar refractivity (Wildman–Crippen MR) is 71.2 cm³/mol. The molecule has 11 heteroatoms. The Hall–Kier alpha value is -2.24. The van der Waals surface area contributed by atoms with E-state index in [4.69, 9.17) is 28.0 Å². The van der Waals surface area contributed by atoms with Crippen molar-refractivity contribution in [2.45, 2.75) is 25.2 Å². The minimum atomic E-state index is -1.58. The lowest BCUT2D eigenvalue weighted by Crippen LogP contribution is -2.41. The van der Waals surface area contributed by atoms with Crippen LogP contribution in [-0.2, 0) is 0 Å². The molecule has 0 aliphatic heterocycles. The lowest BCUT2D eigenvalue weighted by atomic mass is 10.1. The highest BCUT2D eigenvalue weighted by atomic mass is 16.4. The Morgan fingerprint density at radius 2 is 1.47 bits per heavy atom. The molecule has 11 nitrogen and oxygen atoms in total. The molecule has 0 aromatic rings. The maximum absolute atomic E-state index is 9.73. The average molecular weight is 274 g/mol. The van der Waals surface area contributed by atoms with Gasteiger partial charge in [0.1, 0.15) is 17.9 Å². The summed E-state index contributed by atoms with van der Waals surface area (Å²) < 4.78 is 0. The van der Waals surface area contributed by atoms with E-state index in [0.717, 1.165) is 6.21 Å². The van der Waals surface area contributed by atoms with Gasteiger partial charge >= 0.3 is 0 Å². The number of nitrogens with zero attached hydrogens (tertiary/aromatic N) is 4. The van der Waals surface area contributed by atoms with Gasteiger partial charge in [-0.1, -0.05) is 0 Å². The summed E-state index contributed by atoms with van der Waals surface area (Å²) >= 11 is 0. The first-order valence-electron chi connectivity index (χ1n) is 5.08. The van der Waals surface area contributed by atoms with Crippen molar-refractivity contribution in [1.29, 1.82) is 0 Å². The Labute approximate surface area is 109 Å². The molecule has 3 atom stereocenters. The SMILES string of the molecule is C[C@H](O)[C@H](O)[C@H](O)C(/C=N/N=C(N)N)=N/N=C(N)N. The number of aliphatic hydroxyl groups is 3. The standard InChI is InChI=1S/C8H18N8O3/c1-3(17)5(18)6(19)4(14-16-8(11)12)2-13-15-7(9)10/h2-3,5-6,17-19H,1H3,(H4,9,10,15)(H4,11,12,16)/b13-2+,14-4+/t3-,5-,6+/m0/s1. The van der Waals surface area contributed by atoms with E-state index in [1.54, 1.807) is 0 Å². The number of nitrogens with two attached hydrogens (primary N) is 4. The first kappa shape index (κ1) is 16.8. The molecule has 0 fully saturated rings. The van der Waals surface area contributed by atoms with Crippen LogP contribution in [0, 0.1) is 0 Å². The maximum atomic E-state index is 9.73. The van der Waals surface area contributed by atoms with Crippen LogP contribution in [0.1, 0.15) is 6.92 Å². The van der Waals surface area contributed by atoms with Crippen LogP contribution in [0.5, 0.6) is 0 Å². The molecule has 0 heterocycles. The van der Waals surface area contributed by atoms with Gasteiger partial charge < -0.3 is 38.3 Å². The van der Waals surface area contributed by atoms with E-state index in [0.29, 0.717) is 0 Å². The molecule has 0 rings (SSSR count). The van der Waals surface area contributed by atoms with E-state index >= 15 is 0 Å². The van der Waals surface area contributed by atoms with Gasteiger partial charge in [0.25, 0.3) is 0 Å². The van der Waals surface area contributed by atoms with Crippen LogP contribution in [0.15, 0.2) is 20.4 Å². The number of aliphatic hydroxyl groups excluding tert-OH is 3. The number of hydrogen-bond acceptors (Lipinski definition) is 7. The van der Waals surface area contributed by atoms with Gasteiger partial charge in [0.2, 0.25) is 11.9 Å². The molecule has 0 saturated heterocycles. The fourth-order valence-corrected chi connectivity index (χ4v) is 0.870. The van der Waals surface area contributed by atoms with Gasteiger partial charge in [-0.2, -0.15) is 5.10 Å². The van der Waals surface area contributed by atoms with Crippen molar-refractivity contribution in [1.82, 2.24) is 0 Å². The summed E-state index contributed by atoms with van der Waals surface area (Å²) in [5.74, 6) is -0.686. The van der Waals surface area contributed by atoms with E-state index < -0.39 is 18.3 Å². The molecular formula is C8H18N8O3. The molecule has 0 spiro atoms. The van der Waals surface area contributed by atoms with Gasteiger partial charge in [-0.25, -0.2) is 0 Å². The van der Waals surface area contributed by atoms with E-state index in [1.807, 2.05) is 0 Å². The Kier molecular flexibility index (Phi) is 7.03. The fourth-order valence-electron chi connectivity index (χ4n) is 0.870. The summed E-state index contributed by atoms with van der Waals surface area (Å²) in [5.41, 5.74) is 20.0. The number of hydrogen-bond donors (Lipinski definition) is 7. The minimum Gasteiger partial charge on any atom is -0.391 e. The van der Waals surface area contributed by atoms with Crippen LogP contribution in [-0.4, -0.2) is 57.5 Å². The lowest BCUT2D eigenvalue weighted by Gasteiger charge is -2.19. The molecular weight excluding hydrogens is 256 g/mol. The quantitative estimate of drug-likeness (QED) is 0.144. The van der Waals surface area contributed by atoms with Gasteiger partial charge in [-0.05, 0) is 6.92 Å². The molecule has 0 aliphatic carbocycles. The van der Waals surface area contributed by atoms with Crippen molar-refractivity contribution in [2.75, 3.05) is 0 Å². The van der Waals surface area contributed by atoms with Crippen molar-refractivity contribution >= 4 is 23.8 Å². The maximum Gasteiger partial charge on any atom is 0.211 e. The normalized spacial score (nSPS) is 16.7. The highest BCUT2D eigenvalue weighted by molar-refractivity contribution is 6.32. The van der Waals surface area contributed by atoms with Crippen molar-refractivity contribution in [3.63, 3.8) is 0 Å². The van der Waals surface area contributed by atoms with Gasteiger partial charge in [0.15, 0.2) is 0 Å². The van der Waals surface area contributed by atoms with Crippen molar-refractivity contribution in [3.8, 4) is 0 Å². The first-order chi connectivity index (χ1) is 8.75. The van der Waals surface area contributed by atoms with Gasteiger partial charge in [-0.3, -0.25) is 0 Å². The van der Waals surface area contributed by atoms with Crippen molar-refractivity contribution in [2.24, 2.45) is 43.3 Å². The third kappa shape index (κ3) is 6.92. The van der Waals surface area contributed by atoms with Crippen LogP contribution in [0.25, 0.3) is 0 Å². The highest BCUT2D eigenvalue weighted by Gasteiger charge is 2.25. The molecule has 0 amide bonds. The smallest absolute Gasteiger partial charge is 0.211 e. The highest BCUT2D eigenvalue weighted by Crippen LogP contribution is 2.02.